The van der Waals surface area contributed by atoms with Gasteiger partial charge in [-0.15, -0.1) is 0 Å². The van der Waals surface area contributed by atoms with Crippen molar-refractivity contribution in [1.29, 1.82) is 0 Å². The molecule has 0 aliphatic carbocycles. The topological polar surface area (TPSA) is 0 Å². The first-order valence-corrected chi connectivity index (χ1v) is 4.35. The molecule has 0 saturated heterocycles. The summed E-state index contributed by atoms with van der Waals surface area (Å²) in [4.78, 5) is 0. The van der Waals surface area contributed by atoms with Gasteiger partial charge < -0.3 is 0 Å². The molecule has 0 radical (unpaired) electrons. The Morgan fingerprint density at radius 1 is 1.40 bits per heavy atom. The van der Waals surface area contributed by atoms with Gasteiger partial charge in [0.05, 0.1) is 5.92 Å². The van der Waals surface area contributed by atoms with Crippen LogP contribution in [0.25, 0.3) is 0 Å². The second-order valence-electron chi connectivity index (χ2n) is 2.25. The van der Waals surface area contributed by atoms with Crippen LogP contribution < -0.4 is 0 Å². The van der Waals surface area contributed by atoms with E-state index in [0.717, 1.165) is 0 Å². The Labute approximate surface area is 72.3 Å². The van der Waals surface area contributed by atoms with Gasteiger partial charge in [0, 0.05) is 3.92 Å². The molecule has 0 rings (SSSR count). The van der Waals surface area contributed by atoms with Crippen LogP contribution in [0.3, 0.4) is 0 Å². The Morgan fingerprint density at radius 2 is 1.80 bits per heavy atom. The molecule has 0 fully saturated rings. The van der Waals surface area contributed by atoms with Crippen LogP contribution in [0.4, 0.5) is 13.2 Å². The van der Waals surface area contributed by atoms with Gasteiger partial charge in [-0.2, -0.15) is 13.2 Å². The van der Waals surface area contributed by atoms with Crippen molar-refractivity contribution in [3.8, 4) is 0 Å². The first-order valence-electron chi connectivity index (χ1n) is 3.10. The molecular weight excluding hydrogens is 256 g/mol. The van der Waals surface area contributed by atoms with Crippen molar-refractivity contribution in [2.24, 2.45) is 5.92 Å². The predicted octanol–water partition coefficient (Wildman–Crippen LogP) is 3.40. The molecule has 2 atom stereocenters. The molecule has 0 aromatic rings. The van der Waals surface area contributed by atoms with Gasteiger partial charge in [-0.1, -0.05) is 36.4 Å². The van der Waals surface area contributed by atoms with Crippen LogP contribution in [0.1, 0.15) is 20.3 Å². The Balaban J connectivity index is 3.94. The van der Waals surface area contributed by atoms with Gasteiger partial charge in [-0.05, 0) is 6.42 Å². The molecule has 0 N–H and O–H groups in total. The highest BCUT2D eigenvalue weighted by atomic mass is 127. The number of halogens is 4. The molecule has 2 unspecified atom stereocenters. The number of rotatable bonds is 2. The first-order chi connectivity index (χ1) is 4.39. The summed E-state index contributed by atoms with van der Waals surface area (Å²) < 4.78 is 35.4. The monoisotopic (exact) mass is 266 g/mol. The summed E-state index contributed by atoms with van der Waals surface area (Å²) in [7, 11) is 0. The van der Waals surface area contributed by atoms with Crippen LogP contribution in [0.2, 0.25) is 0 Å². The molecule has 0 bridgehead atoms. The van der Waals surface area contributed by atoms with Crippen molar-refractivity contribution in [3.05, 3.63) is 0 Å². The largest absolute Gasteiger partial charge is 0.392 e. The third-order valence-electron chi connectivity index (χ3n) is 1.45. The standard InChI is InChI=1S/C6H10F3I/c1-3-5(10)4(2)6(7,8)9/h4-5H,3H2,1-2H3. The Morgan fingerprint density at radius 3 is 1.90 bits per heavy atom. The fraction of sp³-hybridized carbons (Fsp3) is 1.00. The molecule has 0 aromatic heterocycles. The van der Waals surface area contributed by atoms with Crippen molar-refractivity contribution < 1.29 is 13.2 Å². The summed E-state index contributed by atoms with van der Waals surface area (Å²) in [6, 6.07) is 0. The lowest BCUT2D eigenvalue weighted by atomic mass is 10.1. The summed E-state index contributed by atoms with van der Waals surface area (Å²) in [5, 5.41) is 0. The summed E-state index contributed by atoms with van der Waals surface area (Å²) in [6.45, 7) is 2.99. The summed E-state index contributed by atoms with van der Waals surface area (Å²) >= 11 is 1.84. The highest BCUT2D eigenvalue weighted by Gasteiger charge is 2.39. The minimum atomic E-state index is -4.03. The molecule has 4 heteroatoms. The number of hydrogen-bond donors (Lipinski definition) is 0. The zero-order chi connectivity index (χ0) is 8.36. The highest BCUT2D eigenvalue weighted by Crippen LogP contribution is 2.33. The van der Waals surface area contributed by atoms with Crippen molar-refractivity contribution in [2.75, 3.05) is 0 Å². The minimum absolute atomic E-state index is 0.294. The zero-order valence-corrected chi connectivity index (χ0v) is 8.03. The van der Waals surface area contributed by atoms with Gasteiger partial charge in [0.1, 0.15) is 0 Å². The lowest BCUT2D eigenvalue weighted by Crippen LogP contribution is -2.27. The average molecular weight is 266 g/mol. The van der Waals surface area contributed by atoms with E-state index in [1.165, 1.54) is 6.92 Å². The summed E-state index contributed by atoms with van der Waals surface area (Å²) in [6.07, 6.45) is -3.46. The predicted molar refractivity (Wildman–Crippen MR) is 43.3 cm³/mol. The Bertz CT molecular complexity index is 99.7. The fourth-order valence-corrected chi connectivity index (χ4v) is 0.966. The van der Waals surface area contributed by atoms with Crippen LogP contribution in [-0.2, 0) is 0 Å². The SMILES string of the molecule is CCC(I)C(C)C(F)(F)F. The van der Waals surface area contributed by atoms with E-state index in [0.29, 0.717) is 6.42 Å². The molecule has 62 valence electrons. The maximum Gasteiger partial charge on any atom is 0.392 e. The van der Waals surface area contributed by atoms with E-state index in [9.17, 15) is 13.2 Å². The first kappa shape index (κ1) is 10.5. The molecule has 0 nitrogen and oxygen atoms in total. The summed E-state index contributed by atoms with van der Waals surface area (Å²) in [5.74, 6) is -1.18. The molecule has 0 saturated carbocycles. The molecule has 0 aromatic carbocycles. The average Bonchev–Trinajstić information content (AvgIpc) is 1.83. The van der Waals surface area contributed by atoms with Crippen LogP contribution in [-0.4, -0.2) is 10.1 Å². The Hall–Kier alpha value is 0.520. The molecule has 0 amide bonds. The van der Waals surface area contributed by atoms with E-state index in [1.54, 1.807) is 6.92 Å². The van der Waals surface area contributed by atoms with E-state index in [-0.39, 0.29) is 3.92 Å². The lowest BCUT2D eigenvalue weighted by molar-refractivity contribution is -0.168. The van der Waals surface area contributed by atoms with Crippen molar-refractivity contribution in [3.63, 3.8) is 0 Å². The minimum Gasteiger partial charge on any atom is -0.171 e. The molecule has 0 aliphatic heterocycles. The second-order valence-corrected chi connectivity index (χ2v) is 3.85. The van der Waals surface area contributed by atoms with Crippen LogP contribution >= 0.6 is 22.6 Å². The Kier molecular flexibility index (Phi) is 3.98. The zero-order valence-electron chi connectivity index (χ0n) is 5.87. The van der Waals surface area contributed by atoms with Gasteiger partial charge in [0.2, 0.25) is 0 Å². The molecule has 0 spiro atoms. The van der Waals surface area contributed by atoms with Crippen LogP contribution in [0, 0.1) is 5.92 Å². The smallest absolute Gasteiger partial charge is 0.171 e. The van der Waals surface area contributed by atoms with Gasteiger partial charge >= 0.3 is 6.18 Å². The third-order valence-corrected chi connectivity index (χ3v) is 3.41. The van der Waals surface area contributed by atoms with E-state index < -0.39 is 12.1 Å². The number of hydrogen-bond acceptors (Lipinski definition) is 0. The fourth-order valence-electron chi connectivity index (χ4n) is 0.559. The van der Waals surface area contributed by atoms with E-state index in [2.05, 4.69) is 0 Å². The van der Waals surface area contributed by atoms with Gasteiger partial charge in [-0.3, -0.25) is 0 Å². The van der Waals surface area contributed by atoms with Crippen LogP contribution in [0.5, 0.6) is 0 Å². The second kappa shape index (κ2) is 3.78. The molecular formula is C6H10F3I. The van der Waals surface area contributed by atoms with Gasteiger partial charge in [-0.25, -0.2) is 0 Å². The van der Waals surface area contributed by atoms with Crippen molar-refractivity contribution >= 4 is 22.6 Å². The summed E-state index contributed by atoms with van der Waals surface area (Å²) in [5.41, 5.74) is 0. The molecule has 0 heterocycles. The maximum atomic E-state index is 11.9. The highest BCUT2D eigenvalue weighted by molar-refractivity contribution is 14.1. The van der Waals surface area contributed by atoms with Gasteiger partial charge in [0.25, 0.3) is 0 Å². The normalized spacial score (nSPS) is 18.6. The third kappa shape index (κ3) is 3.07. The van der Waals surface area contributed by atoms with Crippen molar-refractivity contribution in [2.45, 2.75) is 30.4 Å². The van der Waals surface area contributed by atoms with Crippen molar-refractivity contribution in [1.82, 2.24) is 0 Å². The van der Waals surface area contributed by atoms with E-state index in [4.69, 9.17) is 0 Å². The molecule has 10 heavy (non-hydrogen) atoms. The lowest BCUT2D eigenvalue weighted by Gasteiger charge is -2.19. The van der Waals surface area contributed by atoms with Crippen LogP contribution in [0.15, 0.2) is 0 Å². The van der Waals surface area contributed by atoms with E-state index in [1.807, 2.05) is 22.6 Å². The van der Waals surface area contributed by atoms with Gasteiger partial charge in [0.15, 0.2) is 0 Å². The van der Waals surface area contributed by atoms with E-state index >= 15 is 0 Å². The number of alkyl halides is 4. The molecule has 0 aliphatic rings. The quantitative estimate of drug-likeness (QED) is 0.530. The maximum absolute atomic E-state index is 11.9.